The maximum atomic E-state index is 13.0. The smallest absolute Gasteiger partial charge is 0.242 e. The van der Waals surface area contributed by atoms with Crippen LogP contribution in [0.5, 0.6) is 0 Å². The van der Waals surface area contributed by atoms with E-state index >= 15 is 0 Å². The third kappa shape index (κ3) is 8.04. The summed E-state index contributed by atoms with van der Waals surface area (Å²) in [5.41, 5.74) is 1.65. The Morgan fingerprint density at radius 3 is 2.30 bits per heavy atom. The van der Waals surface area contributed by atoms with E-state index in [1.54, 1.807) is 24.3 Å². The van der Waals surface area contributed by atoms with E-state index in [2.05, 4.69) is 16.0 Å². The number of hydrogen-bond acceptors (Lipinski definition) is 3. The Labute approximate surface area is 200 Å². The van der Waals surface area contributed by atoms with Gasteiger partial charge in [0.15, 0.2) is 0 Å². The van der Waals surface area contributed by atoms with Gasteiger partial charge >= 0.3 is 0 Å². The number of carbonyl (C=O) groups excluding carboxylic acids is 2. The Balaban J connectivity index is 1.56. The van der Waals surface area contributed by atoms with Gasteiger partial charge in [-0.3, -0.25) is 9.59 Å². The molecular formula is C26H33ClFN3O2. The summed E-state index contributed by atoms with van der Waals surface area (Å²) in [7, 11) is 0. The van der Waals surface area contributed by atoms with Crippen LogP contribution in [-0.2, 0) is 9.59 Å². The molecule has 1 aliphatic rings. The van der Waals surface area contributed by atoms with Gasteiger partial charge in [-0.05, 0) is 61.2 Å². The van der Waals surface area contributed by atoms with Crippen molar-refractivity contribution in [3.05, 3.63) is 64.9 Å². The van der Waals surface area contributed by atoms with Crippen LogP contribution in [0.2, 0.25) is 5.02 Å². The Bertz CT molecular complexity index is 899. The minimum absolute atomic E-state index is 0.168. The highest BCUT2D eigenvalue weighted by molar-refractivity contribution is 6.30. The first kappa shape index (κ1) is 25.0. The van der Waals surface area contributed by atoms with Crippen LogP contribution in [-0.4, -0.2) is 30.9 Å². The van der Waals surface area contributed by atoms with E-state index in [0.29, 0.717) is 30.5 Å². The van der Waals surface area contributed by atoms with Crippen molar-refractivity contribution in [3.8, 4) is 0 Å². The highest BCUT2D eigenvalue weighted by Crippen LogP contribution is 2.28. The molecule has 1 aliphatic carbocycles. The molecule has 0 heterocycles. The van der Waals surface area contributed by atoms with E-state index in [9.17, 15) is 14.0 Å². The third-order valence-electron chi connectivity index (χ3n) is 6.29. The summed E-state index contributed by atoms with van der Waals surface area (Å²) < 4.78 is 13.0. The molecule has 1 saturated carbocycles. The summed E-state index contributed by atoms with van der Waals surface area (Å²) in [6.45, 7) is 2.74. The van der Waals surface area contributed by atoms with Crippen LogP contribution in [0.15, 0.2) is 48.5 Å². The molecule has 2 aromatic carbocycles. The fraction of sp³-hybridized carbons (Fsp3) is 0.462. The van der Waals surface area contributed by atoms with E-state index < -0.39 is 6.04 Å². The molecule has 3 rings (SSSR count). The number of nitrogens with one attached hydrogen (secondary N) is 3. The highest BCUT2D eigenvalue weighted by atomic mass is 35.5. The summed E-state index contributed by atoms with van der Waals surface area (Å²) in [4.78, 5) is 26.0. The molecule has 178 valence electrons. The van der Waals surface area contributed by atoms with E-state index in [1.807, 2.05) is 19.1 Å². The molecular weight excluding hydrogens is 441 g/mol. The number of halogens is 2. The number of benzene rings is 2. The number of rotatable bonds is 10. The second-order valence-electron chi connectivity index (χ2n) is 8.80. The topological polar surface area (TPSA) is 70.2 Å². The first-order valence-electron chi connectivity index (χ1n) is 11.8. The maximum absolute atomic E-state index is 13.0. The van der Waals surface area contributed by atoms with Crippen molar-refractivity contribution in [2.75, 3.05) is 18.4 Å². The van der Waals surface area contributed by atoms with Crippen LogP contribution in [0, 0.1) is 11.7 Å². The van der Waals surface area contributed by atoms with Crippen LogP contribution in [0.25, 0.3) is 0 Å². The van der Waals surface area contributed by atoms with Crippen molar-refractivity contribution in [2.45, 2.75) is 57.4 Å². The van der Waals surface area contributed by atoms with Gasteiger partial charge in [-0.1, -0.05) is 55.8 Å². The Morgan fingerprint density at radius 1 is 0.970 bits per heavy atom. The van der Waals surface area contributed by atoms with Gasteiger partial charge in [-0.15, -0.1) is 0 Å². The first-order chi connectivity index (χ1) is 15.9. The molecule has 2 aromatic rings. The molecule has 0 aromatic heterocycles. The summed E-state index contributed by atoms with van der Waals surface area (Å²) in [6, 6.07) is 12.7. The predicted molar refractivity (Wildman–Crippen MR) is 131 cm³/mol. The fourth-order valence-corrected chi connectivity index (χ4v) is 4.40. The van der Waals surface area contributed by atoms with Crippen LogP contribution in [0.4, 0.5) is 10.1 Å². The van der Waals surface area contributed by atoms with Crippen molar-refractivity contribution >= 4 is 29.1 Å². The lowest BCUT2D eigenvalue weighted by Gasteiger charge is -2.27. The van der Waals surface area contributed by atoms with Crippen LogP contribution in [0.1, 0.15) is 56.9 Å². The van der Waals surface area contributed by atoms with Crippen molar-refractivity contribution in [2.24, 2.45) is 5.92 Å². The second kappa shape index (κ2) is 12.6. The third-order valence-corrected chi connectivity index (χ3v) is 6.54. The molecule has 5 nitrogen and oxygen atoms in total. The van der Waals surface area contributed by atoms with Gasteiger partial charge in [0.2, 0.25) is 11.8 Å². The van der Waals surface area contributed by atoms with Gasteiger partial charge in [0.25, 0.3) is 0 Å². The lowest BCUT2D eigenvalue weighted by Crippen LogP contribution is -2.49. The van der Waals surface area contributed by atoms with Crippen LogP contribution < -0.4 is 16.0 Å². The average molecular weight is 474 g/mol. The summed E-state index contributed by atoms with van der Waals surface area (Å²) >= 11 is 5.96. The SMILES string of the molecule is CC(C(=O)NC(CC1CCCCC1)C(=O)NCCNc1ccc(F)cc1)c1ccc(Cl)cc1. The molecule has 2 unspecified atom stereocenters. The molecule has 0 spiro atoms. The molecule has 2 amide bonds. The van der Waals surface area contributed by atoms with Crippen molar-refractivity contribution in [1.82, 2.24) is 10.6 Å². The number of amides is 2. The molecule has 1 fully saturated rings. The molecule has 0 radical (unpaired) electrons. The predicted octanol–water partition coefficient (Wildman–Crippen LogP) is 5.27. The largest absolute Gasteiger partial charge is 0.383 e. The molecule has 0 saturated heterocycles. The normalized spacial score (nSPS) is 16.0. The van der Waals surface area contributed by atoms with Gasteiger partial charge in [0.1, 0.15) is 11.9 Å². The highest BCUT2D eigenvalue weighted by Gasteiger charge is 2.27. The second-order valence-corrected chi connectivity index (χ2v) is 9.24. The minimum atomic E-state index is -0.568. The van der Waals surface area contributed by atoms with E-state index in [4.69, 9.17) is 11.6 Å². The minimum Gasteiger partial charge on any atom is -0.383 e. The summed E-state index contributed by atoms with van der Waals surface area (Å²) in [5.74, 6) is -0.569. The van der Waals surface area contributed by atoms with Crippen molar-refractivity contribution < 1.29 is 14.0 Å². The van der Waals surface area contributed by atoms with Gasteiger partial charge in [-0.2, -0.15) is 0 Å². The monoisotopic (exact) mass is 473 g/mol. The molecule has 0 bridgehead atoms. The number of anilines is 1. The zero-order chi connectivity index (χ0) is 23.6. The fourth-order valence-electron chi connectivity index (χ4n) is 4.27. The standard InChI is InChI=1S/C26H33ClFN3O2/c1-18(20-7-9-21(27)10-8-20)25(32)31-24(17-19-5-3-2-4-6-19)26(33)30-16-15-29-23-13-11-22(28)12-14-23/h7-14,18-19,24,29H,2-6,15-17H2,1H3,(H,30,33)(H,31,32). The van der Waals surface area contributed by atoms with Gasteiger partial charge < -0.3 is 16.0 Å². The zero-order valence-corrected chi connectivity index (χ0v) is 19.8. The molecule has 7 heteroatoms. The number of carbonyl (C=O) groups is 2. The van der Waals surface area contributed by atoms with Gasteiger partial charge in [-0.25, -0.2) is 4.39 Å². The zero-order valence-electron chi connectivity index (χ0n) is 19.1. The molecule has 33 heavy (non-hydrogen) atoms. The van der Waals surface area contributed by atoms with Crippen LogP contribution >= 0.6 is 11.6 Å². The van der Waals surface area contributed by atoms with Crippen molar-refractivity contribution in [1.29, 1.82) is 0 Å². The quantitative estimate of drug-likeness (QED) is 0.412. The average Bonchev–Trinajstić information content (AvgIpc) is 2.83. The van der Waals surface area contributed by atoms with E-state index in [1.165, 1.54) is 31.4 Å². The van der Waals surface area contributed by atoms with Crippen LogP contribution in [0.3, 0.4) is 0 Å². The number of hydrogen-bond donors (Lipinski definition) is 3. The lowest BCUT2D eigenvalue weighted by molar-refractivity contribution is -0.130. The Kier molecular flexibility index (Phi) is 9.55. The summed E-state index contributed by atoms with van der Waals surface area (Å²) in [6.07, 6.45) is 6.43. The Morgan fingerprint density at radius 2 is 1.64 bits per heavy atom. The van der Waals surface area contributed by atoms with Gasteiger partial charge in [0, 0.05) is 23.8 Å². The maximum Gasteiger partial charge on any atom is 0.242 e. The lowest BCUT2D eigenvalue weighted by atomic mass is 9.84. The van der Waals surface area contributed by atoms with E-state index in [-0.39, 0.29) is 23.5 Å². The molecule has 3 N–H and O–H groups in total. The molecule has 0 aliphatic heterocycles. The Hall–Kier alpha value is -2.60. The van der Waals surface area contributed by atoms with Gasteiger partial charge in [0.05, 0.1) is 5.92 Å². The summed E-state index contributed by atoms with van der Waals surface area (Å²) in [5, 5.41) is 9.71. The first-order valence-corrected chi connectivity index (χ1v) is 12.1. The van der Waals surface area contributed by atoms with Crippen molar-refractivity contribution in [3.63, 3.8) is 0 Å². The van der Waals surface area contributed by atoms with E-state index in [0.717, 1.165) is 24.1 Å². The molecule has 2 atom stereocenters.